The molecule has 0 radical (unpaired) electrons. The normalized spacial score (nSPS) is 14.4. The van der Waals surface area contributed by atoms with Gasteiger partial charge in [-0.2, -0.15) is 0 Å². The number of hydrogen-bond acceptors (Lipinski definition) is 4. The molecule has 0 saturated carbocycles. The number of aryl methyl sites for hydroxylation is 1. The highest BCUT2D eigenvalue weighted by atomic mass is 15.2. The summed E-state index contributed by atoms with van der Waals surface area (Å²) in [5.74, 6) is 1.14. The Labute approximate surface area is 119 Å². The monoisotopic (exact) mass is 271 g/mol. The molecule has 5 heteroatoms. The van der Waals surface area contributed by atoms with E-state index in [0.717, 1.165) is 44.2 Å². The van der Waals surface area contributed by atoms with Gasteiger partial charge in [0.15, 0.2) is 0 Å². The van der Waals surface area contributed by atoms with Gasteiger partial charge < -0.3 is 14.8 Å². The van der Waals surface area contributed by atoms with E-state index in [0.29, 0.717) is 0 Å². The molecule has 0 atom stereocenters. The Bertz CT molecular complexity index is 590. The van der Waals surface area contributed by atoms with Crippen LogP contribution in [0.1, 0.15) is 24.0 Å². The summed E-state index contributed by atoms with van der Waals surface area (Å²) in [5.41, 5.74) is 3.61. The van der Waals surface area contributed by atoms with Crippen LogP contribution < -0.4 is 10.2 Å². The molecule has 1 aliphatic heterocycles. The maximum absolute atomic E-state index is 4.44. The van der Waals surface area contributed by atoms with Crippen molar-refractivity contribution >= 4 is 5.69 Å². The summed E-state index contributed by atoms with van der Waals surface area (Å²) in [6.45, 7) is 8.89. The van der Waals surface area contributed by atoms with E-state index in [4.69, 9.17) is 0 Å². The Hall–Kier alpha value is -1.88. The van der Waals surface area contributed by atoms with Crippen molar-refractivity contribution in [2.75, 3.05) is 18.0 Å². The van der Waals surface area contributed by atoms with Gasteiger partial charge in [0.05, 0.1) is 6.54 Å². The molecule has 0 spiro atoms. The standard InChI is InChI=1S/C15H21N5/c1-3-16-9-13-10-18-12(2)8-14(13)20-7-6-19-5-4-17-15(19)11-20/h4-5,8,10,16H,3,6-7,9,11H2,1-2H3. The van der Waals surface area contributed by atoms with Crippen LogP contribution >= 0.6 is 0 Å². The van der Waals surface area contributed by atoms with Crippen LogP contribution in [0.25, 0.3) is 0 Å². The van der Waals surface area contributed by atoms with Gasteiger partial charge in [0.1, 0.15) is 5.82 Å². The topological polar surface area (TPSA) is 46.0 Å². The Balaban J connectivity index is 1.87. The van der Waals surface area contributed by atoms with Crippen molar-refractivity contribution in [2.24, 2.45) is 0 Å². The number of hydrogen-bond donors (Lipinski definition) is 1. The molecule has 0 unspecified atom stereocenters. The number of pyridine rings is 1. The van der Waals surface area contributed by atoms with Crippen LogP contribution in [0, 0.1) is 6.92 Å². The Morgan fingerprint density at radius 3 is 3.05 bits per heavy atom. The third-order valence-electron chi connectivity index (χ3n) is 3.75. The summed E-state index contributed by atoms with van der Waals surface area (Å²) in [7, 11) is 0. The molecule has 3 rings (SSSR count). The quantitative estimate of drug-likeness (QED) is 0.919. The predicted molar refractivity (Wildman–Crippen MR) is 79.6 cm³/mol. The van der Waals surface area contributed by atoms with E-state index >= 15 is 0 Å². The summed E-state index contributed by atoms with van der Waals surface area (Å²) in [6, 6.07) is 2.19. The molecule has 0 aliphatic carbocycles. The van der Waals surface area contributed by atoms with E-state index < -0.39 is 0 Å². The number of rotatable bonds is 4. The average Bonchev–Trinajstić information content (AvgIpc) is 2.93. The van der Waals surface area contributed by atoms with Gasteiger partial charge in [-0.1, -0.05) is 6.92 Å². The smallest absolute Gasteiger partial charge is 0.128 e. The van der Waals surface area contributed by atoms with Gasteiger partial charge in [-0.25, -0.2) is 4.98 Å². The lowest BCUT2D eigenvalue weighted by Gasteiger charge is -2.31. The highest BCUT2D eigenvalue weighted by Gasteiger charge is 2.19. The highest BCUT2D eigenvalue weighted by molar-refractivity contribution is 5.54. The van der Waals surface area contributed by atoms with Gasteiger partial charge in [0.25, 0.3) is 0 Å². The molecule has 5 nitrogen and oxygen atoms in total. The van der Waals surface area contributed by atoms with Gasteiger partial charge >= 0.3 is 0 Å². The Morgan fingerprint density at radius 1 is 1.30 bits per heavy atom. The van der Waals surface area contributed by atoms with E-state index in [1.54, 1.807) is 0 Å². The van der Waals surface area contributed by atoms with Crippen LogP contribution in [0.5, 0.6) is 0 Å². The Kier molecular flexibility index (Phi) is 3.69. The second-order valence-corrected chi connectivity index (χ2v) is 5.19. The third-order valence-corrected chi connectivity index (χ3v) is 3.75. The number of anilines is 1. The van der Waals surface area contributed by atoms with Gasteiger partial charge in [-0.3, -0.25) is 4.98 Å². The fourth-order valence-electron chi connectivity index (χ4n) is 2.64. The lowest BCUT2D eigenvalue weighted by Crippen LogP contribution is -2.34. The molecule has 2 aromatic heterocycles. The molecule has 0 fully saturated rings. The van der Waals surface area contributed by atoms with E-state index in [1.165, 1.54) is 11.3 Å². The van der Waals surface area contributed by atoms with Crippen LogP contribution in [0.2, 0.25) is 0 Å². The van der Waals surface area contributed by atoms with E-state index in [-0.39, 0.29) is 0 Å². The van der Waals surface area contributed by atoms with Crippen molar-refractivity contribution < 1.29 is 0 Å². The second-order valence-electron chi connectivity index (χ2n) is 5.19. The number of nitrogens with zero attached hydrogens (tertiary/aromatic N) is 4. The van der Waals surface area contributed by atoms with Crippen molar-refractivity contribution in [3.8, 4) is 0 Å². The largest absolute Gasteiger partial charge is 0.362 e. The van der Waals surface area contributed by atoms with Gasteiger partial charge in [-0.15, -0.1) is 0 Å². The molecule has 1 N–H and O–H groups in total. The number of imidazole rings is 1. The maximum atomic E-state index is 4.44. The zero-order valence-electron chi connectivity index (χ0n) is 12.1. The molecule has 106 valence electrons. The first kappa shape index (κ1) is 13.1. The van der Waals surface area contributed by atoms with E-state index in [9.17, 15) is 0 Å². The van der Waals surface area contributed by atoms with Crippen LogP contribution in [0.15, 0.2) is 24.7 Å². The van der Waals surface area contributed by atoms with Crippen LogP contribution in [-0.4, -0.2) is 27.6 Å². The first-order valence-corrected chi connectivity index (χ1v) is 7.19. The predicted octanol–water partition coefficient (Wildman–Crippen LogP) is 1.72. The Morgan fingerprint density at radius 2 is 2.20 bits per heavy atom. The van der Waals surface area contributed by atoms with Crippen molar-refractivity contribution in [3.63, 3.8) is 0 Å². The maximum Gasteiger partial charge on any atom is 0.128 e. The van der Waals surface area contributed by atoms with Crippen molar-refractivity contribution in [3.05, 3.63) is 41.7 Å². The van der Waals surface area contributed by atoms with Gasteiger partial charge in [0.2, 0.25) is 0 Å². The van der Waals surface area contributed by atoms with Crippen molar-refractivity contribution in [1.82, 2.24) is 19.9 Å². The summed E-state index contributed by atoms with van der Waals surface area (Å²) < 4.78 is 2.23. The van der Waals surface area contributed by atoms with Crippen LogP contribution in [0.4, 0.5) is 5.69 Å². The van der Waals surface area contributed by atoms with Crippen molar-refractivity contribution in [2.45, 2.75) is 33.5 Å². The summed E-state index contributed by atoms with van der Waals surface area (Å²) in [4.78, 5) is 11.3. The fourth-order valence-corrected chi connectivity index (χ4v) is 2.64. The zero-order valence-corrected chi connectivity index (χ0v) is 12.1. The molecular weight excluding hydrogens is 250 g/mol. The number of fused-ring (bicyclic) bond motifs is 1. The number of aromatic nitrogens is 3. The minimum atomic E-state index is 0.865. The summed E-state index contributed by atoms with van der Waals surface area (Å²) in [5, 5.41) is 3.39. The molecule has 3 heterocycles. The molecule has 2 aromatic rings. The van der Waals surface area contributed by atoms with E-state index in [2.05, 4.69) is 43.9 Å². The minimum Gasteiger partial charge on any atom is -0.362 e. The first-order chi connectivity index (χ1) is 9.78. The second kappa shape index (κ2) is 5.63. The third kappa shape index (κ3) is 2.54. The van der Waals surface area contributed by atoms with Gasteiger partial charge in [-0.05, 0) is 19.5 Å². The fraction of sp³-hybridized carbons (Fsp3) is 0.467. The van der Waals surface area contributed by atoms with Crippen LogP contribution in [-0.2, 0) is 19.6 Å². The summed E-state index contributed by atoms with van der Waals surface area (Å²) in [6.07, 6.45) is 5.94. The van der Waals surface area contributed by atoms with Gasteiger partial charge in [0, 0.05) is 55.2 Å². The molecule has 0 bridgehead atoms. The van der Waals surface area contributed by atoms with Crippen molar-refractivity contribution in [1.29, 1.82) is 0 Å². The molecule has 1 aliphatic rings. The first-order valence-electron chi connectivity index (χ1n) is 7.19. The molecule has 0 aromatic carbocycles. The number of nitrogens with one attached hydrogen (secondary N) is 1. The summed E-state index contributed by atoms with van der Waals surface area (Å²) >= 11 is 0. The van der Waals surface area contributed by atoms with Crippen LogP contribution in [0.3, 0.4) is 0 Å². The molecule has 0 amide bonds. The highest BCUT2D eigenvalue weighted by Crippen LogP contribution is 2.24. The molecule has 0 saturated heterocycles. The minimum absolute atomic E-state index is 0.865. The van der Waals surface area contributed by atoms with E-state index in [1.807, 2.05) is 19.3 Å². The lowest BCUT2D eigenvalue weighted by molar-refractivity contribution is 0.557. The SMILES string of the molecule is CCNCc1cnc(C)cc1N1CCn2ccnc2C1. The lowest BCUT2D eigenvalue weighted by atomic mass is 10.1. The average molecular weight is 271 g/mol. The zero-order chi connectivity index (χ0) is 13.9. The molecule has 20 heavy (non-hydrogen) atoms. The molecular formula is C15H21N5.